The van der Waals surface area contributed by atoms with Crippen molar-refractivity contribution in [1.82, 2.24) is 24.3 Å². The molecular weight excluding hydrogens is 467 g/mol. The summed E-state index contributed by atoms with van der Waals surface area (Å²) in [6, 6.07) is 5.68. The number of aliphatic carboxylic acids is 1. The Morgan fingerprint density at radius 2 is 2.06 bits per heavy atom. The van der Waals surface area contributed by atoms with Gasteiger partial charge in [-0.05, 0) is 37.8 Å². The summed E-state index contributed by atoms with van der Waals surface area (Å²) in [5.74, 6) is -0.368. The van der Waals surface area contributed by atoms with Crippen molar-refractivity contribution < 1.29 is 19.1 Å². The molecule has 2 atom stereocenters. The number of carbonyl (C=O) groups is 2. The van der Waals surface area contributed by atoms with Crippen molar-refractivity contribution in [2.24, 2.45) is 0 Å². The van der Waals surface area contributed by atoms with E-state index in [0.717, 1.165) is 19.3 Å². The van der Waals surface area contributed by atoms with Crippen LogP contribution >= 0.6 is 0 Å². The highest BCUT2D eigenvalue weighted by atomic mass is 19.1. The molecule has 0 aliphatic carbocycles. The number of piperidine rings is 1. The number of aromatic nitrogens is 4. The molecule has 3 aromatic heterocycles. The summed E-state index contributed by atoms with van der Waals surface area (Å²) in [7, 11) is 0. The molecule has 2 N–H and O–H groups in total. The third-order valence-corrected chi connectivity index (χ3v) is 6.60. The number of hydrogen-bond acceptors (Lipinski definition) is 8. The van der Waals surface area contributed by atoms with Crippen LogP contribution in [0.4, 0.5) is 16.0 Å². The molecule has 3 aromatic rings. The number of halogens is 1. The van der Waals surface area contributed by atoms with Crippen LogP contribution in [-0.2, 0) is 9.59 Å². The first kappa shape index (κ1) is 23.5. The van der Waals surface area contributed by atoms with E-state index in [2.05, 4.69) is 20.3 Å². The molecule has 2 aliphatic rings. The van der Waals surface area contributed by atoms with Crippen LogP contribution in [0.15, 0.2) is 30.6 Å². The van der Waals surface area contributed by atoms with Gasteiger partial charge in [-0.15, -0.1) is 0 Å². The fraction of sp³-hybridized carbons (Fsp3) is 0.417. The molecule has 5 rings (SSSR count). The van der Waals surface area contributed by atoms with E-state index in [9.17, 15) is 19.1 Å². The summed E-state index contributed by atoms with van der Waals surface area (Å²) in [6.45, 7) is 1.56. The maximum atomic E-state index is 14.0. The minimum absolute atomic E-state index is 0.106. The summed E-state index contributed by atoms with van der Waals surface area (Å²) in [5, 5.41) is 21.9. The number of nitriles is 1. The highest BCUT2D eigenvalue weighted by molar-refractivity contribution is 5.79. The van der Waals surface area contributed by atoms with Gasteiger partial charge in [-0.2, -0.15) is 5.26 Å². The molecule has 0 radical (unpaired) electrons. The molecule has 0 aromatic carbocycles. The van der Waals surface area contributed by atoms with Gasteiger partial charge in [-0.25, -0.2) is 24.1 Å². The fourth-order valence-electron chi connectivity index (χ4n) is 4.90. The van der Waals surface area contributed by atoms with Gasteiger partial charge in [0.05, 0.1) is 12.3 Å². The fourth-order valence-corrected chi connectivity index (χ4v) is 4.90. The number of hydrogen-bond donors (Lipinski definition) is 2. The lowest BCUT2D eigenvalue weighted by Gasteiger charge is -2.33. The number of nitrogens with zero attached hydrogens (tertiary/aromatic N) is 7. The Morgan fingerprint density at radius 1 is 1.22 bits per heavy atom. The Bertz CT molecular complexity index is 1350. The zero-order chi connectivity index (χ0) is 25.2. The molecule has 11 nitrogen and oxygen atoms in total. The first-order valence-corrected chi connectivity index (χ1v) is 11.9. The quantitative estimate of drug-likeness (QED) is 0.530. The predicted octanol–water partition coefficient (Wildman–Crippen LogP) is 2.30. The standard InChI is InChI=1S/C24H25FN8O3/c25-15-5-6-20-27-12-18(33(20)13-15)23-29-19(11-21(30-23)32-10-2-4-17(32)24(35)36)28-16-3-1-9-31(14-16)22(34)7-8-26/h5-6,11-13,16-17H,1-4,7,9-10,14H2,(H,35,36)(H,28,29,30)/t16-,17+/m1/s1. The van der Waals surface area contributed by atoms with Gasteiger partial charge in [0.25, 0.3) is 0 Å². The number of amides is 1. The minimum Gasteiger partial charge on any atom is -0.480 e. The van der Waals surface area contributed by atoms with Crippen molar-refractivity contribution in [2.75, 3.05) is 29.9 Å². The first-order chi connectivity index (χ1) is 17.4. The predicted molar refractivity (Wildman–Crippen MR) is 128 cm³/mol. The second-order valence-corrected chi connectivity index (χ2v) is 9.00. The van der Waals surface area contributed by atoms with E-state index in [-0.39, 0.29) is 24.2 Å². The van der Waals surface area contributed by atoms with Crippen molar-refractivity contribution in [3.8, 4) is 17.6 Å². The maximum Gasteiger partial charge on any atom is 0.326 e. The lowest BCUT2D eigenvalue weighted by molar-refractivity contribution is -0.138. The largest absolute Gasteiger partial charge is 0.480 e. The van der Waals surface area contributed by atoms with Gasteiger partial charge in [0.2, 0.25) is 5.91 Å². The summed E-state index contributed by atoms with van der Waals surface area (Å²) < 4.78 is 15.5. The van der Waals surface area contributed by atoms with Crippen LogP contribution in [0.25, 0.3) is 17.2 Å². The number of likely N-dealkylation sites (tertiary alicyclic amines) is 1. The van der Waals surface area contributed by atoms with Gasteiger partial charge in [-0.3, -0.25) is 9.20 Å². The number of carboxylic acids is 1. The zero-order valence-electron chi connectivity index (χ0n) is 19.5. The van der Waals surface area contributed by atoms with Crippen LogP contribution in [0.2, 0.25) is 0 Å². The van der Waals surface area contributed by atoms with Crippen LogP contribution in [-0.4, -0.2) is 73.0 Å². The third kappa shape index (κ3) is 4.64. The first-order valence-electron chi connectivity index (χ1n) is 11.9. The van der Waals surface area contributed by atoms with E-state index >= 15 is 0 Å². The van der Waals surface area contributed by atoms with Crippen LogP contribution in [0.1, 0.15) is 32.1 Å². The normalized spacial score (nSPS) is 19.9. The van der Waals surface area contributed by atoms with E-state index in [4.69, 9.17) is 5.26 Å². The van der Waals surface area contributed by atoms with E-state index in [1.165, 1.54) is 12.3 Å². The Morgan fingerprint density at radius 3 is 2.86 bits per heavy atom. The Hall–Kier alpha value is -4.27. The number of pyridine rings is 1. The second-order valence-electron chi connectivity index (χ2n) is 9.00. The number of fused-ring (bicyclic) bond motifs is 1. The summed E-state index contributed by atoms with van der Waals surface area (Å²) in [4.78, 5) is 41.1. The number of carboxylic acid groups (broad SMARTS) is 1. The monoisotopic (exact) mass is 492 g/mol. The SMILES string of the molecule is N#CCC(=O)N1CCC[C@@H](Nc2cc(N3CCC[C@H]3C(=O)O)nc(-c3cnc4ccc(F)cn34)n2)C1. The highest BCUT2D eigenvalue weighted by Gasteiger charge is 2.32. The van der Waals surface area contributed by atoms with Gasteiger partial charge in [-0.1, -0.05) is 0 Å². The van der Waals surface area contributed by atoms with Crippen molar-refractivity contribution >= 4 is 29.2 Å². The average Bonchev–Trinajstić information content (AvgIpc) is 3.52. The van der Waals surface area contributed by atoms with E-state index in [1.54, 1.807) is 32.5 Å². The molecule has 1 amide bonds. The van der Waals surface area contributed by atoms with Crippen molar-refractivity contribution in [3.63, 3.8) is 0 Å². The molecule has 5 heterocycles. The molecule has 36 heavy (non-hydrogen) atoms. The molecule has 0 spiro atoms. The Labute approximate surface area is 206 Å². The third-order valence-electron chi connectivity index (χ3n) is 6.60. The Kier molecular flexibility index (Phi) is 6.37. The molecule has 186 valence electrons. The molecule has 0 bridgehead atoms. The minimum atomic E-state index is -0.919. The maximum absolute atomic E-state index is 14.0. The molecular formula is C24H25FN8O3. The topological polar surface area (TPSA) is 140 Å². The number of imidazole rings is 1. The summed E-state index contributed by atoms with van der Waals surface area (Å²) in [6.07, 6.45) is 5.50. The lowest BCUT2D eigenvalue weighted by Crippen LogP contribution is -2.45. The van der Waals surface area contributed by atoms with E-state index in [1.807, 2.05) is 6.07 Å². The van der Waals surface area contributed by atoms with Gasteiger partial charge in [0, 0.05) is 37.9 Å². The van der Waals surface area contributed by atoms with Crippen LogP contribution in [0.3, 0.4) is 0 Å². The van der Waals surface area contributed by atoms with Crippen molar-refractivity contribution in [3.05, 3.63) is 36.4 Å². The van der Waals surface area contributed by atoms with Crippen molar-refractivity contribution in [1.29, 1.82) is 5.26 Å². The number of nitrogens with one attached hydrogen (secondary N) is 1. The molecule has 2 saturated heterocycles. The molecule has 0 saturated carbocycles. The summed E-state index contributed by atoms with van der Waals surface area (Å²) in [5.41, 5.74) is 0.994. The van der Waals surface area contributed by atoms with Gasteiger partial charge >= 0.3 is 5.97 Å². The average molecular weight is 493 g/mol. The van der Waals surface area contributed by atoms with Crippen LogP contribution in [0, 0.1) is 17.1 Å². The molecule has 2 aliphatic heterocycles. The zero-order valence-corrected chi connectivity index (χ0v) is 19.5. The van der Waals surface area contributed by atoms with E-state index < -0.39 is 17.8 Å². The molecule has 2 fully saturated rings. The van der Waals surface area contributed by atoms with Crippen LogP contribution in [0.5, 0.6) is 0 Å². The smallest absolute Gasteiger partial charge is 0.326 e. The molecule has 12 heteroatoms. The van der Waals surface area contributed by atoms with Crippen molar-refractivity contribution in [2.45, 2.75) is 44.2 Å². The van der Waals surface area contributed by atoms with Gasteiger partial charge in [0.1, 0.15) is 41.3 Å². The summed E-state index contributed by atoms with van der Waals surface area (Å²) >= 11 is 0. The van der Waals surface area contributed by atoms with Crippen LogP contribution < -0.4 is 10.2 Å². The highest BCUT2D eigenvalue weighted by Crippen LogP contribution is 2.29. The number of rotatable bonds is 6. The Balaban J connectivity index is 1.51. The molecule has 0 unspecified atom stereocenters. The number of carbonyl (C=O) groups excluding carboxylic acids is 1. The van der Waals surface area contributed by atoms with E-state index in [0.29, 0.717) is 49.0 Å². The lowest BCUT2D eigenvalue weighted by atomic mass is 10.1. The van der Waals surface area contributed by atoms with Gasteiger partial charge in [0.15, 0.2) is 5.82 Å². The van der Waals surface area contributed by atoms with Gasteiger partial charge < -0.3 is 20.2 Å². The second kappa shape index (κ2) is 9.77. The number of anilines is 2.